The first kappa shape index (κ1) is 26.5. The van der Waals surface area contributed by atoms with Crippen LogP contribution in [0, 0.1) is 0 Å². The summed E-state index contributed by atoms with van der Waals surface area (Å²) in [5, 5.41) is 3.89. The molecule has 0 atom stereocenters. The summed E-state index contributed by atoms with van der Waals surface area (Å²) in [5.41, 5.74) is 8.50. The highest BCUT2D eigenvalue weighted by Gasteiger charge is 2.19. The first-order valence-electron chi connectivity index (χ1n) is 11.9. The molecule has 9 heteroatoms. The number of ether oxygens (including phenoxy) is 1. The van der Waals surface area contributed by atoms with E-state index in [1.807, 2.05) is 42.5 Å². The molecule has 0 saturated carbocycles. The lowest BCUT2D eigenvalue weighted by molar-refractivity contribution is 0.1000. The Hall–Kier alpha value is -3.52. The Balaban J connectivity index is 1.17. The maximum absolute atomic E-state index is 12.1. The number of anilines is 1. The summed E-state index contributed by atoms with van der Waals surface area (Å²) in [6, 6.07) is 19.8. The van der Waals surface area contributed by atoms with Crippen LogP contribution in [-0.2, 0) is 0 Å². The van der Waals surface area contributed by atoms with Gasteiger partial charge in [0.2, 0.25) is 5.91 Å². The highest BCUT2D eigenvalue weighted by Crippen LogP contribution is 2.32. The molecule has 0 bridgehead atoms. The van der Waals surface area contributed by atoms with E-state index in [0.717, 1.165) is 49.5 Å². The van der Waals surface area contributed by atoms with Crippen LogP contribution in [0.1, 0.15) is 10.4 Å². The zero-order valence-electron chi connectivity index (χ0n) is 20.2. The molecule has 192 valence electrons. The fourth-order valence-corrected chi connectivity index (χ4v) is 4.48. The summed E-state index contributed by atoms with van der Waals surface area (Å²) in [6.45, 7) is 4.72. The normalized spacial score (nSPS) is 14.1. The molecule has 4 rings (SSSR count). The molecule has 1 aliphatic rings. The quantitative estimate of drug-likeness (QED) is 0.383. The molecule has 1 aliphatic heterocycles. The molecule has 1 heterocycles. The number of carbonyl (C=O) groups excluding carboxylic acids is 2. The predicted octanol–water partition coefficient (Wildman–Crippen LogP) is 5.23. The number of rotatable bonds is 8. The van der Waals surface area contributed by atoms with Crippen molar-refractivity contribution >= 4 is 40.9 Å². The summed E-state index contributed by atoms with van der Waals surface area (Å²) in [5.74, 6) is -0.0526. The van der Waals surface area contributed by atoms with Gasteiger partial charge in [0.15, 0.2) is 0 Å². The van der Waals surface area contributed by atoms with E-state index in [9.17, 15) is 9.59 Å². The largest absolute Gasteiger partial charge is 0.412 e. The number of nitrogens with two attached hydrogens (primary N) is 1. The van der Waals surface area contributed by atoms with Crippen LogP contribution in [0.3, 0.4) is 0 Å². The summed E-state index contributed by atoms with van der Waals surface area (Å²) in [7, 11) is 0. The Morgan fingerprint density at radius 3 is 2.38 bits per heavy atom. The van der Waals surface area contributed by atoms with Crippen LogP contribution in [0.25, 0.3) is 11.1 Å². The third kappa shape index (κ3) is 7.26. The minimum absolute atomic E-state index is 0.370. The Labute approximate surface area is 226 Å². The molecule has 1 fully saturated rings. The topological polar surface area (TPSA) is 87.9 Å². The van der Waals surface area contributed by atoms with E-state index in [-0.39, 0.29) is 0 Å². The molecule has 0 aromatic heterocycles. The van der Waals surface area contributed by atoms with Crippen molar-refractivity contribution in [3.63, 3.8) is 0 Å². The Bertz CT molecular complexity index is 1270. The number of nitrogens with one attached hydrogen (secondary N) is 1. The van der Waals surface area contributed by atoms with Crippen molar-refractivity contribution in [1.29, 1.82) is 0 Å². The minimum Gasteiger partial charge on any atom is -0.410 e. The number of halogens is 2. The molecular formula is C28H28Cl2N4O3. The van der Waals surface area contributed by atoms with E-state index >= 15 is 0 Å². The lowest BCUT2D eigenvalue weighted by Crippen LogP contribution is -2.46. The van der Waals surface area contributed by atoms with Gasteiger partial charge in [-0.2, -0.15) is 0 Å². The summed E-state index contributed by atoms with van der Waals surface area (Å²) in [6.07, 6.45) is 3.42. The minimum atomic E-state index is -0.528. The number of hydrogen-bond acceptors (Lipinski definition) is 5. The van der Waals surface area contributed by atoms with E-state index < -0.39 is 12.0 Å². The summed E-state index contributed by atoms with van der Waals surface area (Å²) in [4.78, 5) is 28.1. The van der Waals surface area contributed by atoms with Crippen molar-refractivity contribution in [1.82, 2.24) is 10.2 Å². The summed E-state index contributed by atoms with van der Waals surface area (Å²) >= 11 is 12.5. The molecule has 3 aromatic carbocycles. The van der Waals surface area contributed by atoms with Gasteiger partial charge >= 0.3 is 6.09 Å². The smallest absolute Gasteiger partial charge is 0.410 e. The molecule has 0 aliphatic carbocycles. The first-order chi connectivity index (χ1) is 17.9. The van der Waals surface area contributed by atoms with E-state index in [2.05, 4.69) is 15.1 Å². The van der Waals surface area contributed by atoms with Gasteiger partial charge < -0.3 is 20.7 Å². The van der Waals surface area contributed by atoms with Gasteiger partial charge in [0, 0.05) is 44.8 Å². The van der Waals surface area contributed by atoms with E-state index in [0.29, 0.717) is 27.9 Å². The van der Waals surface area contributed by atoms with Crippen molar-refractivity contribution < 1.29 is 14.3 Å². The van der Waals surface area contributed by atoms with Crippen molar-refractivity contribution in [2.75, 3.05) is 44.2 Å². The number of amides is 2. The van der Waals surface area contributed by atoms with Crippen LogP contribution < -0.4 is 20.7 Å². The third-order valence-corrected chi connectivity index (χ3v) is 6.89. The molecule has 0 unspecified atom stereocenters. The van der Waals surface area contributed by atoms with Crippen LogP contribution in [-0.4, -0.2) is 56.2 Å². The van der Waals surface area contributed by atoms with Crippen LogP contribution in [0.2, 0.25) is 10.0 Å². The Morgan fingerprint density at radius 2 is 1.65 bits per heavy atom. The van der Waals surface area contributed by atoms with Gasteiger partial charge in [-0.3, -0.25) is 9.69 Å². The Morgan fingerprint density at radius 1 is 0.919 bits per heavy atom. The van der Waals surface area contributed by atoms with Crippen LogP contribution in [0.5, 0.6) is 5.75 Å². The third-order valence-electron chi connectivity index (χ3n) is 6.08. The maximum atomic E-state index is 12.1. The van der Waals surface area contributed by atoms with Gasteiger partial charge in [-0.15, -0.1) is 0 Å². The zero-order valence-corrected chi connectivity index (χ0v) is 21.7. The number of nitrogens with zero attached hydrogens (tertiary/aromatic N) is 2. The van der Waals surface area contributed by atoms with Gasteiger partial charge in [-0.25, -0.2) is 4.79 Å². The fourth-order valence-electron chi connectivity index (χ4n) is 4.07. The van der Waals surface area contributed by atoms with Crippen LogP contribution >= 0.6 is 23.2 Å². The van der Waals surface area contributed by atoms with Crippen molar-refractivity contribution in [2.24, 2.45) is 5.73 Å². The molecule has 0 spiro atoms. The van der Waals surface area contributed by atoms with Crippen molar-refractivity contribution in [3.05, 3.63) is 94.5 Å². The van der Waals surface area contributed by atoms with Gasteiger partial charge in [0.05, 0.1) is 15.7 Å². The standard InChI is InChI=1S/C28H28Cl2N4O3/c29-24-7-4-8-25(26(24)30)34-17-15-33(16-18-34)14-2-1-13-32-28(36)37-23-11-9-20(10-12-23)21-5-3-6-22(19-21)27(31)35/h1-12,19H,13-18H2,(H2,31,35)(H,32,36)/b2-1+. The molecular weight excluding hydrogens is 511 g/mol. The molecule has 37 heavy (non-hydrogen) atoms. The second kappa shape index (κ2) is 12.6. The molecule has 7 nitrogen and oxygen atoms in total. The number of benzene rings is 3. The van der Waals surface area contributed by atoms with Gasteiger partial charge in [-0.05, 0) is 47.5 Å². The maximum Gasteiger partial charge on any atom is 0.412 e. The highest BCUT2D eigenvalue weighted by atomic mass is 35.5. The molecule has 2 amide bonds. The predicted molar refractivity (Wildman–Crippen MR) is 149 cm³/mol. The van der Waals surface area contributed by atoms with E-state index in [4.69, 9.17) is 33.7 Å². The highest BCUT2D eigenvalue weighted by molar-refractivity contribution is 6.43. The second-order valence-electron chi connectivity index (χ2n) is 8.57. The number of primary amides is 1. The monoisotopic (exact) mass is 538 g/mol. The fraction of sp³-hybridized carbons (Fsp3) is 0.214. The van der Waals surface area contributed by atoms with Gasteiger partial charge in [-0.1, -0.05) is 65.7 Å². The molecule has 3 aromatic rings. The number of hydrogen-bond donors (Lipinski definition) is 2. The van der Waals surface area contributed by atoms with Crippen LogP contribution in [0.15, 0.2) is 78.9 Å². The SMILES string of the molecule is NC(=O)c1cccc(-c2ccc(OC(=O)NC/C=C/CN3CCN(c4cccc(Cl)c4Cl)CC3)cc2)c1. The molecule has 3 N–H and O–H groups in total. The van der Waals surface area contributed by atoms with Gasteiger partial charge in [0.1, 0.15) is 5.75 Å². The second-order valence-corrected chi connectivity index (χ2v) is 9.36. The van der Waals surface area contributed by atoms with E-state index in [1.54, 1.807) is 36.4 Å². The number of piperazine rings is 1. The van der Waals surface area contributed by atoms with Gasteiger partial charge in [0.25, 0.3) is 0 Å². The average molecular weight is 539 g/mol. The summed E-state index contributed by atoms with van der Waals surface area (Å²) < 4.78 is 5.34. The lowest BCUT2D eigenvalue weighted by atomic mass is 10.0. The lowest BCUT2D eigenvalue weighted by Gasteiger charge is -2.36. The average Bonchev–Trinajstić information content (AvgIpc) is 2.91. The zero-order chi connectivity index (χ0) is 26.2. The molecule has 0 radical (unpaired) electrons. The Kier molecular flexibility index (Phi) is 9.06. The molecule has 1 saturated heterocycles. The van der Waals surface area contributed by atoms with E-state index in [1.165, 1.54) is 0 Å². The number of carbonyl (C=O) groups is 2. The van der Waals surface area contributed by atoms with Crippen molar-refractivity contribution in [2.45, 2.75) is 0 Å². The first-order valence-corrected chi connectivity index (χ1v) is 12.7. The van der Waals surface area contributed by atoms with Crippen LogP contribution in [0.4, 0.5) is 10.5 Å². The van der Waals surface area contributed by atoms with Crippen molar-refractivity contribution in [3.8, 4) is 16.9 Å².